The first-order chi connectivity index (χ1) is 15.9. The zero-order valence-electron chi connectivity index (χ0n) is 17.6. The lowest BCUT2D eigenvalue weighted by molar-refractivity contribution is -0.185. The second-order valence-electron chi connectivity index (χ2n) is 7.86. The molecule has 1 N–H and O–H groups in total. The standard InChI is InChI=1S/C21H15BrF9N3S/c1-10(35)32-8-12-3-2-11(4-14(12)22)15-7-18(9-33-15,21(29,30)31)13-5-16(19(23,24)25)34-17(6-13)20(26,27)28/h2-6H,7-9H2,1H3,(H,32,35). The lowest BCUT2D eigenvalue weighted by Gasteiger charge is -2.32. The van der Waals surface area contributed by atoms with Crippen molar-refractivity contribution in [1.82, 2.24) is 10.3 Å². The van der Waals surface area contributed by atoms with Crippen molar-refractivity contribution in [3.05, 3.63) is 62.9 Å². The number of nitrogens with zero attached hydrogens (tertiary/aromatic N) is 2. The quantitative estimate of drug-likeness (QED) is 0.307. The molecule has 1 aliphatic heterocycles. The van der Waals surface area contributed by atoms with Crippen molar-refractivity contribution < 1.29 is 39.5 Å². The predicted octanol–water partition coefficient (Wildman–Crippen LogP) is 7.01. The molecule has 3 rings (SSSR count). The second-order valence-corrected chi connectivity index (χ2v) is 9.32. The van der Waals surface area contributed by atoms with E-state index >= 15 is 0 Å². The van der Waals surface area contributed by atoms with E-state index in [0.29, 0.717) is 16.0 Å². The first-order valence-electron chi connectivity index (χ1n) is 9.74. The topological polar surface area (TPSA) is 37.3 Å². The van der Waals surface area contributed by atoms with Gasteiger partial charge in [-0.05, 0) is 41.8 Å². The zero-order chi connectivity index (χ0) is 26.4. The van der Waals surface area contributed by atoms with Crippen molar-refractivity contribution >= 4 is 38.8 Å². The third-order valence-corrected chi connectivity index (χ3v) is 6.31. The van der Waals surface area contributed by atoms with Crippen LogP contribution in [0.15, 0.2) is 39.8 Å². The van der Waals surface area contributed by atoms with E-state index in [4.69, 9.17) is 12.2 Å². The van der Waals surface area contributed by atoms with E-state index in [2.05, 4.69) is 31.2 Å². The SMILES string of the molecule is CC(=S)NCc1ccc(C2=NCC(c3cc(C(F)(F)F)nc(C(F)(F)F)c3)(C(F)(F)F)C2)cc1Br. The van der Waals surface area contributed by atoms with Gasteiger partial charge in [0.15, 0.2) is 0 Å². The number of benzene rings is 1. The number of hydrogen-bond donors (Lipinski definition) is 1. The van der Waals surface area contributed by atoms with Gasteiger partial charge in [-0.1, -0.05) is 40.3 Å². The first kappa shape index (κ1) is 27.4. The molecule has 1 aromatic heterocycles. The molecule has 3 nitrogen and oxygen atoms in total. The molecule has 0 bridgehead atoms. The Morgan fingerprint density at radius 1 is 1.00 bits per heavy atom. The van der Waals surface area contributed by atoms with Gasteiger partial charge in [-0.25, -0.2) is 4.98 Å². The number of rotatable bonds is 4. The van der Waals surface area contributed by atoms with Crippen molar-refractivity contribution in [2.75, 3.05) is 6.54 Å². The molecule has 0 aliphatic carbocycles. The number of hydrogen-bond acceptors (Lipinski definition) is 3. The lowest BCUT2D eigenvalue weighted by atomic mass is 9.76. The molecule has 1 unspecified atom stereocenters. The van der Waals surface area contributed by atoms with Crippen LogP contribution in [0.3, 0.4) is 0 Å². The minimum atomic E-state index is -5.39. The Bertz CT molecular complexity index is 1140. The summed E-state index contributed by atoms with van der Waals surface area (Å²) in [5.41, 5.74) is -7.56. The summed E-state index contributed by atoms with van der Waals surface area (Å²) < 4.78 is 123. The molecule has 1 aromatic carbocycles. The highest BCUT2D eigenvalue weighted by atomic mass is 79.9. The molecule has 0 amide bonds. The number of halogens is 10. The van der Waals surface area contributed by atoms with Gasteiger partial charge in [-0.15, -0.1) is 0 Å². The van der Waals surface area contributed by atoms with Gasteiger partial charge in [0.25, 0.3) is 0 Å². The summed E-state index contributed by atoms with van der Waals surface area (Å²) in [4.78, 5) is 6.92. The van der Waals surface area contributed by atoms with Gasteiger partial charge in [0.2, 0.25) is 0 Å². The minimum absolute atomic E-state index is 0.0134. The molecule has 190 valence electrons. The third kappa shape index (κ3) is 5.79. The van der Waals surface area contributed by atoms with Crippen molar-refractivity contribution in [3.8, 4) is 0 Å². The number of alkyl halides is 9. The van der Waals surface area contributed by atoms with Crippen LogP contribution in [0.1, 0.15) is 41.4 Å². The molecule has 0 fully saturated rings. The monoisotopic (exact) mass is 591 g/mol. The number of pyridine rings is 1. The van der Waals surface area contributed by atoms with Crippen molar-refractivity contribution in [3.63, 3.8) is 0 Å². The lowest BCUT2D eigenvalue weighted by Crippen LogP contribution is -2.44. The number of aliphatic imine (C=N–C) groups is 1. The van der Waals surface area contributed by atoms with Crippen molar-refractivity contribution in [1.29, 1.82) is 0 Å². The molecule has 2 heterocycles. The normalized spacial score (nSPS) is 19.0. The Balaban J connectivity index is 2.05. The second kappa shape index (κ2) is 9.34. The third-order valence-electron chi connectivity index (χ3n) is 5.42. The molecule has 1 aliphatic rings. The molecular formula is C21H15BrF9N3S. The van der Waals surface area contributed by atoms with E-state index in [1.807, 2.05) is 0 Å². The van der Waals surface area contributed by atoms with E-state index in [9.17, 15) is 39.5 Å². The summed E-state index contributed by atoms with van der Waals surface area (Å²) in [6.07, 6.45) is -16.9. The van der Waals surface area contributed by atoms with Gasteiger partial charge in [0.1, 0.15) is 16.8 Å². The minimum Gasteiger partial charge on any atom is -0.376 e. The van der Waals surface area contributed by atoms with Crippen LogP contribution in [-0.2, 0) is 24.3 Å². The first-order valence-corrected chi connectivity index (χ1v) is 10.9. The Morgan fingerprint density at radius 3 is 2.03 bits per heavy atom. The molecule has 0 saturated heterocycles. The molecule has 0 radical (unpaired) electrons. The molecule has 0 saturated carbocycles. The smallest absolute Gasteiger partial charge is 0.376 e. The van der Waals surface area contributed by atoms with Crippen LogP contribution in [0.4, 0.5) is 39.5 Å². The molecule has 1 atom stereocenters. The van der Waals surface area contributed by atoms with Crippen LogP contribution < -0.4 is 5.32 Å². The summed E-state index contributed by atoms with van der Waals surface area (Å²) in [6.45, 7) is 0.914. The average molecular weight is 592 g/mol. The number of aromatic nitrogens is 1. The highest BCUT2D eigenvalue weighted by Gasteiger charge is 2.59. The molecule has 14 heteroatoms. The zero-order valence-corrected chi connectivity index (χ0v) is 20.0. The maximum absolute atomic E-state index is 14.3. The molecule has 0 spiro atoms. The Labute approximate surface area is 207 Å². The fourth-order valence-corrected chi connectivity index (χ4v) is 4.15. The number of thiocarbonyl (C=S) groups is 1. The van der Waals surface area contributed by atoms with E-state index in [0.717, 1.165) is 5.56 Å². The highest BCUT2D eigenvalue weighted by Crippen LogP contribution is 2.49. The van der Waals surface area contributed by atoms with Gasteiger partial charge in [-0.2, -0.15) is 39.5 Å². The van der Waals surface area contributed by atoms with Gasteiger partial charge in [0, 0.05) is 23.1 Å². The molecule has 2 aromatic rings. The summed E-state index contributed by atoms with van der Waals surface area (Å²) in [6, 6.07) is 4.58. The fraction of sp³-hybridized carbons (Fsp3) is 0.381. The Morgan fingerprint density at radius 2 is 1.57 bits per heavy atom. The van der Waals surface area contributed by atoms with E-state index in [1.54, 1.807) is 13.0 Å². The van der Waals surface area contributed by atoms with Gasteiger partial charge in [0.05, 0.1) is 11.5 Å². The van der Waals surface area contributed by atoms with Gasteiger partial charge < -0.3 is 5.32 Å². The summed E-state index contributed by atoms with van der Waals surface area (Å²) in [5.74, 6) is 0. The maximum Gasteiger partial charge on any atom is 0.433 e. The Kier molecular flexibility index (Phi) is 7.30. The molecule has 35 heavy (non-hydrogen) atoms. The average Bonchev–Trinajstić information content (AvgIpc) is 3.18. The van der Waals surface area contributed by atoms with Crippen LogP contribution >= 0.6 is 28.1 Å². The Hall–Kier alpha value is -2.22. The van der Waals surface area contributed by atoms with Crippen LogP contribution in [0, 0.1) is 0 Å². The summed E-state index contributed by atoms with van der Waals surface area (Å²) in [7, 11) is 0. The van der Waals surface area contributed by atoms with Crippen molar-refractivity contribution in [2.45, 2.75) is 43.8 Å². The van der Waals surface area contributed by atoms with Crippen LogP contribution in [0.5, 0.6) is 0 Å². The van der Waals surface area contributed by atoms with E-state index in [-0.39, 0.29) is 23.4 Å². The van der Waals surface area contributed by atoms with Crippen LogP contribution in [0.2, 0.25) is 0 Å². The maximum atomic E-state index is 14.3. The largest absolute Gasteiger partial charge is 0.433 e. The van der Waals surface area contributed by atoms with E-state index < -0.39 is 53.9 Å². The fourth-order valence-electron chi connectivity index (χ4n) is 3.56. The summed E-state index contributed by atoms with van der Waals surface area (Å²) in [5, 5.41) is 2.91. The van der Waals surface area contributed by atoms with Gasteiger partial charge >= 0.3 is 18.5 Å². The van der Waals surface area contributed by atoms with Crippen LogP contribution in [-0.4, -0.2) is 28.4 Å². The van der Waals surface area contributed by atoms with E-state index in [1.165, 1.54) is 12.1 Å². The van der Waals surface area contributed by atoms with Crippen molar-refractivity contribution in [2.24, 2.45) is 4.99 Å². The molecular weight excluding hydrogens is 577 g/mol. The van der Waals surface area contributed by atoms with Gasteiger partial charge in [-0.3, -0.25) is 4.99 Å². The summed E-state index contributed by atoms with van der Waals surface area (Å²) >= 11 is 8.23. The van der Waals surface area contributed by atoms with Crippen LogP contribution in [0.25, 0.3) is 0 Å². The highest BCUT2D eigenvalue weighted by molar-refractivity contribution is 9.10. The number of nitrogens with one attached hydrogen (secondary N) is 1. The predicted molar refractivity (Wildman–Crippen MR) is 117 cm³/mol.